The Morgan fingerprint density at radius 3 is 2.53 bits per heavy atom. The third-order valence-electron chi connectivity index (χ3n) is 4.71. The molecule has 2 amide bonds. The minimum atomic E-state index is -1.13. The van der Waals surface area contributed by atoms with E-state index in [1.807, 2.05) is 54.6 Å². The van der Waals surface area contributed by atoms with Crippen molar-refractivity contribution in [3.63, 3.8) is 0 Å². The van der Waals surface area contributed by atoms with Gasteiger partial charge in [0, 0.05) is 29.1 Å². The molecule has 150 valence electrons. The first kappa shape index (κ1) is 19.5. The van der Waals surface area contributed by atoms with E-state index in [0.717, 1.165) is 33.8 Å². The van der Waals surface area contributed by atoms with E-state index in [9.17, 15) is 14.4 Å². The molecule has 0 aliphatic carbocycles. The molecule has 0 saturated heterocycles. The summed E-state index contributed by atoms with van der Waals surface area (Å²) in [6.07, 6.45) is 1.85. The van der Waals surface area contributed by atoms with Gasteiger partial charge >= 0.3 is 0 Å². The van der Waals surface area contributed by atoms with E-state index >= 15 is 0 Å². The summed E-state index contributed by atoms with van der Waals surface area (Å²) in [4.78, 5) is 40.0. The lowest BCUT2D eigenvalue weighted by Crippen LogP contribution is -2.47. The Hall–Kier alpha value is -3.85. The van der Waals surface area contributed by atoms with Crippen LogP contribution in [0.1, 0.15) is 16.1 Å². The standard InChI is InChI=1S/C21H17N5O3S/c22-20(28)19(27)16(10-13-11-23-15-9-5-4-8-14(13)15)24-21(29)18-17(25-30-26-18)12-6-2-1-3-7-12/h1-9,11,16,23H,10H2,(H2,22,28)(H,24,29). The lowest BCUT2D eigenvalue weighted by Gasteiger charge is -2.15. The highest BCUT2D eigenvalue weighted by Crippen LogP contribution is 2.22. The molecule has 1 unspecified atom stereocenters. The zero-order chi connectivity index (χ0) is 21.1. The van der Waals surface area contributed by atoms with E-state index in [2.05, 4.69) is 19.0 Å². The molecule has 1 atom stereocenters. The van der Waals surface area contributed by atoms with Gasteiger partial charge in [-0.25, -0.2) is 0 Å². The van der Waals surface area contributed by atoms with Crippen LogP contribution in [0.4, 0.5) is 0 Å². The number of rotatable bonds is 7. The maximum Gasteiger partial charge on any atom is 0.287 e. The van der Waals surface area contributed by atoms with Crippen LogP contribution < -0.4 is 11.1 Å². The van der Waals surface area contributed by atoms with Gasteiger partial charge in [-0.05, 0) is 11.6 Å². The Bertz CT molecular complexity index is 1230. The molecule has 8 nitrogen and oxygen atoms in total. The van der Waals surface area contributed by atoms with Gasteiger partial charge in [0.2, 0.25) is 5.78 Å². The van der Waals surface area contributed by atoms with Gasteiger partial charge < -0.3 is 16.0 Å². The number of fused-ring (bicyclic) bond motifs is 1. The monoisotopic (exact) mass is 419 g/mol. The summed E-state index contributed by atoms with van der Waals surface area (Å²) in [7, 11) is 0. The van der Waals surface area contributed by atoms with Crippen LogP contribution in [0.3, 0.4) is 0 Å². The van der Waals surface area contributed by atoms with E-state index in [0.29, 0.717) is 5.69 Å². The van der Waals surface area contributed by atoms with Crippen molar-refractivity contribution in [3.8, 4) is 11.3 Å². The van der Waals surface area contributed by atoms with Gasteiger partial charge in [0.15, 0.2) is 5.69 Å². The van der Waals surface area contributed by atoms with E-state index in [1.54, 1.807) is 6.20 Å². The molecule has 0 bridgehead atoms. The number of para-hydroxylation sites is 1. The second-order valence-electron chi connectivity index (χ2n) is 6.65. The number of nitrogens with zero attached hydrogens (tertiary/aromatic N) is 2. The number of primary amides is 1. The number of amides is 2. The number of carbonyl (C=O) groups excluding carboxylic acids is 3. The van der Waals surface area contributed by atoms with Crippen molar-refractivity contribution >= 4 is 40.2 Å². The second-order valence-corrected chi connectivity index (χ2v) is 7.17. The second kappa shape index (κ2) is 8.26. The first-order chi connectivity index (χ1) is 14.5. The van der Waals surface area contributed by atoms with E-state index in [-0.39, 0.29) is 12.1 Å². The van der Waals surface area contributed by atoms with Gasteiger partial charge in [-0.1, -0.05) is 48.5 Å². The normalized spacial score (nSPS) is 11.9. The summed E-state index contributed by atoms with van der Waals surface area (Å²) in [5, 5.41) is 3.51. The van der Waals surface area contributed by atoms with Crippen LogP contribution >= 0.6 is 11.7 Å². The van der Waals surface area contributed by atoms with Gasteiger partial charge in [0.05, 0.1) is 11.7 Å². The summed E-state index contributed by atoms with van der Waals surface area (Å²) < 4.78 is 8.28. The molecule has 0 fully saturated rings. The minimum Gasteiger partial charge on any atom is -0.363 e. The SMILES string of the molecule is NC(=O)C(=O)C(Cc1c[nH]c2ccccc12)NC(=O)c1nsnc1-c1ccccc1. The molecule has 0 spiro atoms. The predicted molar refractivity (Wildman–Crippen MR) is 113 cm³/mol. The Balaban J connectivity index is 1.62. The fourth-order valence-electron chi connectivity index (χ4n) is 3.25. The van der Waals surface area contributed by atoms with E-state index in [1.165, 1.54) is 0 Å². The molecule has 4 N–H and O–H groups in total. The van der Waals surface area contributed by atoms with Crippen LogP contribution in [0.15, 0.2) is 60.8 Å². The molecule has 0 aliphatic heterocycles. The number of Topliss-reactive ketones (excluding diaryl/α,β-unsaturated/α-hetero) is 1. The number of hydrogen-bond donors (Lipinski definition) is 3. The third-order valence-corrected chi connectivity index (χ3v) is 5.24. The number of hydrogen-bond acceptors (Lipinski definition) is 6. The number of carbonyl (C=O) groups is 3. The maximum absolute atomic E-state index is 12.9. The lowest BCUT2D eigenvalue weighted by molar-refractivity contribution is -0.137. The Morgan fingerprint density at radius 2 is 1.77 bits per heavy atom. The first-order valence-electron chi connectivity index (χ1n) is 9.12. The van der Waals surface area contributed by atoms with Crippen molar-refractivity contribution in [2.75, 3.05) is 0 Å². The molecule has 0 saturated carbocycles. The summed E-state index contributed by atoms with van der Waals surface area (Å²) >= 11 is 0.896. The number of nitrogens with two attached hydrogens (primary N) is 1. The molecule has 2 aromatic heterocycles. The van der Waals surface area contributed by atoms with Crippen LogP contribution in [0.5, 0.6) is 0 Å². The number of aromatic amines is 1. The average Bonchev–Trinajstić information content (AvgIpc) is 3.41. The van der Waals surface area contributed by atoms with Crippen molar-refractivity contribution in [1.82, 2.24) is 19.0 Å². The third kappa shape index (κ3) is 3.83. The van der Waals surface area contributed by atoms with Gasteiger partial charge in [-0.2, -0.15) is 8.75 Å². The molecular formula is C21H17N5O3S. The summed E-state index contributed by atoms with van der Waals surface area (Å²) in [6.45, 7) is 0. The molecule has 0 radical (unpaired) electrons. The quantitative estimate of drug-likeness (QED) is 0.395. The number of H-pyrrole nitrogens is 1. The van der Waals surface area contributed by atoms with Crippen molar-refractivity contribution < 1.29 is 14.4 Å². The highest BCUT2D eigenvalue weighted by atomic mass is 32.1. The molecule has 9 heteroatoms. The average molecular weight is 419 g/mol. The number of benzene rings is 2. The number of aromatic nitrogens is 3. The zero-order valence-corrected chi connectivity index (χ0v) is 16.5. The summed E-state index contributed by atoms with van der Waals surface area (Å²) in [5.74, 6) is -2.58. The number of nitrogens with one attached hydrogen (secondary N) is 2. The van der Waals surface area contributed by atoms with E-state index in [4.69, 9.17) is 5.73 Å². The Morgan fingerprint density at radius 1 is 1.03 bits per heavy atom. The molecular weight excluding hydrogens is 402 g/mol. The molecule has 4 rings (SSSR count). The molecule has 2 heterocycles. The smallest absolute Gasteiger partial charge is 0.287 e. The Labute approximate surface area is 175 Å². The van der Waals surface area contributed by atoms with Gasteiger partial charge in [-0.15, -0.1) is 0 Å². The fourth-order valence-corrected chi connectivity index (χ4v) is 3.82. The highest BCUT2D eigenvalue weighted by molar-refractivity contribution is 6.99. The topological polar surface area (TPSA) is 131 Å². The lowest BCUT2D eigenvalue weighted by atomic mass is 10.0. The molecule has 2 aromatic carbocycles. The maximum atomic E-state index is 12.9. The van der Waals surface area contributed by atoms with Crippen LogP contribution in [0.25, 0.3) is 22.2 Å². The number of ketones is 1. The largest absolute Gasteiger partial charge is 0.363 e. The van der Waals surface area contributed by atoms with E-state index < -0.39 is 23.6 Å². The predicted octanol–water partition coefficient (Wildman–Crippen LogP) is 2.08. The van der Waals surface area contributed by atoms with Crippen molar-refractivity contribution in [1.29, 1.82) is 0 Å². The first-order valence-corrected chi connectivity index (χ1v) is 9.85. The minimum absolute atomic E-state index is 0.0902. The van der Waals surface area contributed by atoms with Crippen molar-refractivity contribution in [2.24, 2.45) is 5.73 Å². The summed E-state index contributed by atoms with van der Waals surface area (Å²) in [6, 6.07) is 15.6. The van der Waals surface area contributed by atoms with Crippen LogP contribution in [-0.2, 0) is 16.0 Å². The molecule has 4 aromatic rings. The van der Waals surface area contributed by atoms with Crippen LogP contribution in [0.2, 0.25) is 0 Å². The van der Waals surface area contributed by atoms with Crippen LogP contribution in [-0.4, -0.2) is 37.4 Å². The van der Waals surface area contributed by atoms with Crippen molar-refractivity contribution in [3.05, 3.63) is 72.1 Å². The van der Waals surface area contributed by atoms with Gasteiger partial charge in [0.25, 0.3) is 11.8 Å². The zero-order valence-electron chi connectivity index (χ0n) is 15.7. The fraction of sp³-hybridized carbons (Fsp3) is 0.0952. The van der Waals surface area contributed by atoms with Gasteiger partial charge in [-0.3, -0.25) is 14.4 Å². The van der Waals surface area contributed by atoms with Gasteiger partial charge in [0.1, 0.15) is 11.7 Å². The Kier molecular flexibility index (Phi) is 5.36. The molecule has 0 aliphatic rings. The molecule has 30 heavy (non-hydrogen) atoms. The summed E-state index contributed by atoms with van der Waals surface area (Å²) in [5.41, 5.74) is 8.12. The van der Waals surface area contributed by atoms with Crippen LogP contribution in [0, 0.1) is 0 Å². The highest BCUT2D eigenvalue weighted by Gasteiger charge is 2.29. The van der Waals surface area contributed by atoms with Crippen molar-refractivity contribution in [2.45, 2.75) is 12.5 Å².